The van der Waals surface area contributed by atoms with Crippen LogP contribution in [0.25, 0.3) is 0 Å². The standard InChI is InChI=1S/C21H23F3N2O4S/c1-15-6-8-17(9-7-15)25(2)20(27)16-10-12-26(13-11-16)31(28,29)19-5-3-4-18(14-19)30-21(22,23)24/h3-9,14,16H,10-13H2,1-2H3. The number of ether oxygens (including phenoxy) is 1. The van der Waals surface area contributed by atoms with E-state index in [-0.39, 0.29) is 29.8 Å². The van der Waals surface area contributed by atoms with Crippen LogP contribution in [0, 0.1) is 12.8 Å². The third kappa shape index (κ3) is 5.56. The van der Waals surface area contributed by atoms with Crippen molar-refractivity contribution in [1.29, 1.82) is 0 Å². The average molecular weight is 456 g/mol. The minimum Gasteiger partial charge on any atom is -0.406 e. The van der Waals surface area contributed by atoms with Gasteiger partial charge >= 0.3 is 6.36 Å². The van der Waals surface area contributed by atoms with E-state index in [1.165, 1.54) is 16.4 Å². The van der Waals surface area contributed by atoms with Crippen LogP contribution < -0.4 is 9.64 Å². The molecular formula is C21H23F3N2O4S. The van der Waals surface area contributed by atoms with Gasteiger partial charge in [-0.2, -0.15) is 4.31 Å². The topological polar surface area (TPSA) is 66.9 Å². The molecule has 10 heteroatoms. The number of amides is 1. The Morgan fingerprint density at radius 1 is 1.10 bits per heavy atom. The van der Waals surface area contributed by atoms with Crippen molar-refractivity contribution in [2.75, 3.05) is 25.0 Å². The number of carbonyl (C=O) groups excluding carboxylic acids is 1. The number of nitrogens with zero attached hydrogens (tertiary/aromatic N) is 2. The molecule has 2 aromatic rings. The van der Waals surface area contributed by atoms with Gasteiger partial charge in [-0.05, 0) is 44.0 Å². The summed E-state index contributed by atoms with van der Waals surface area (Å²) in [5, 5.41) is 0. The molecule has 1 amide bonds. The van der Waals surface area contributed by atoms with E-state index in [4.69, 9.17) is 0 Å². The minimum absolute atomic E-state index is 0.0959. The molecule has 1 aliphatic rings. The Morgan fingerprint density at radius 2 is 1.71 bits per heavy atom. The molecule has 1 saturated heterocycles. The van der Waals surface area contributed by atoms with Crippen molar-refractivity contribution in [2.45, 2.75) is 31.0 Å². The number of sulfonamides is 1. The molecule has 0 saturated carbocycles. The van der Waals surface area contributed by atoms with E-state index in [1.807, 2.05) is 31.2 Å². The zero-order valence-corrected chi connectivity index (χ0v) is 17.9. The Labute approximate surface area is 179 Å². The van der Waals surface area contributed by atoms with Gasteiger partial charge in [-0.25, -0.2) is 8.42 Å². The lowest BCUT2D eigenvalue weighted by Crippen LogP contribution is -2.43. The van der Waals surface area contributed by atoms with Gasteiger partial charge in [-0.3, -0.25) is 4.79 Å². The predicted molar refractivity (Wildman–Crippen MR) is 109 cm³/mol. The summed E-state index contributed by atoms with van der Waals surface area (Å²) in [4.78, 5) is 14.1. The van der Waals surface area contributed by atoms with Gasteiger partial charge in [-0.15, -0.1) is 13.2 Å². The molecule has 6 nitrogen and oxygen atoms in total. The van der Waals surface area contributed by atoms with Crippen molar-refractivity contribution in [3.63, 3.8) is 0 Å². The van der Waals surface area contributed by atoms with E-state index in [1.54, 1.807) is 11.9 Å². The Bertz CT molecular complexity index is 1030. The van der Waals surface area contributed by atoms with Gasteiger partial charge in [-0.1, -0.05) is 23.8 Å². The largest absolute Gasteiger partial charge is 0.573 e. The second-order valence-electron chi connectivity index (χ2n) is 7.43. The maximum atomic E-state index is 12.9. The number of hydrogen-bond acceptors (Lipinski definition) is 4. The number of carbonyl (C=O) groups is 1. The number of hydrogen-bond donors (Lipinski definition) is 0. The first-order valence-corrected chi connectivity index (χ1v) is 11.1. The molecule has 0 radical (unpaired) electrons. The highest BCUT2D eigenvalue weighted by molar-refractivity contribution is 7.89. The zero-order chi connectivity index (χ0) is 22.8. The van der Waals surface area contributed by atoms with Crippen LogP contribution in [0.1, 0.15) is 18.4 Å². The maximum Gasteiger partial charge on any atom is 0.573 e. The SMILES string of the molecule is Cc1ccc(N(C)C(=O)C2CCN(S(=O)(=O)c3cccc(OC(F)(F)F)c3)CC2)cc1. The number of halogens is 3. The third-order valence-electron chi connectivity index (χ3n) is 5.23. The normalized spacial score (nSPS) is 16.2. The Hall–Kier alpha value is -2.59. The van der Waals surface area contributed by atoms with Crippen LogP contribution >= 0.6 is 0 Å². The molecule has 0 aromatic heterocycles. The average Bonchev–Trinajstić information content (AvgIpc) is 2.72. The Kier molecular flexibility index (Phi) is 6.61. The lowest BCUT2D eigenvalue weighted by molar-refractivity contribution is -0.274. The monoisotopic (exact) mass is 456 g/mol. The molecule has 0 N–H and O–H groups in total. The molecule has 2 aromatic carbocycles. The van der Waals surface area contributed by atoms with Crippen LogP contribution in [-0.4, -0.2) is 45.1 Å². The van der Waals surface area contributed by atoms with E-state index in [0.29, 0.717) is 12.8 Å². The fourth-order valence-electron chi connectivity index (χ4n) is 3.49. The van der Waals surface area contributed by atoms with Crippen LogP contribution in [0.5, 0.6) is 5.75 Å². The van der Waals surface area contributed by atoms with Gasteiger partial charge in [0.15, 0.2) is 0 Å². The molecule has 0 spiro atoms. The molecule has 0 unspecified atom stereocenters. The van der Waals surface area contributed by atoms with E-state index in [9.17, 15) is 26.4 Å². The van der Waals surface area contributed by atoms with Crippen LogP contribution in [-0.2, 0) is 14.8 Å². The maximum absolute atomic E-state index is 12.9. The van der Waals surface area contributed by atoms with E-state index in [0.717, 1.165) is 23.4 Å². The predicted octanol–water partition coefficient (Wildman–Crippen LogP) is 3.96. The van der Waals surface area contributed by atoms with Gasteiger partial charge in [0.05, 0.1) is 4.90 Å². The molecule has 1 fully saturated rings. The molecule has 31 heavy (non-hydrogen) atoms. The van der Waals surface area contributed by atoms with Crippen LogP contribution in [0.3, 0.4) is 0 Å². The van der Waals surface area contributed by atoms with Crippen molar-refractivity contribution < 1.29 is 31.1 Å². The molecule has 3 rings (SSSR count). The Balaban J connectivity index is 1.66. The summed E-state index contributed by atoms with van der Waals surface area (Å²) in [5.41, 5.74) is 1.83. The van der Waals surface area contributed by atoms with Crippen molar-refractivity contribution >= 4 is 21.6 Å². The van der Waals surface area contributed by atoms with Crippen LogP contribution in [0.15, 0.2) is 53.4 Å². The first-order valence-electron chi connectivity index (χ1n) is 9.67. The Morgan fingerprint density at radius 3 is 2.29 bits per heavy atom. The summed E-state index contributed by atoms with van der Waals surface area (Å²) >= 11 is 0. The second kappa shape index (κ2) is 8.88. The van der Waals surface area contributed by atoms with Gasteiger partial charge in [0.1, 0.15) is 5.75 Å². The molecule has 0 aliphatic carbocycles. The van der Waals surface area contributed by atoms with Crippen LogP contribution in [0.4, 0.5) is 18.9 Å². The van der Waals surface area contributed by atoms with Crippen molar-refractivity contribution in [3.8, 4) is 5.75 Å². The minimum atomic E-state index is -4.91. The van der Waals surface area contributed by atoms with Crippen molar-refractivity contribution in [3.05, 3.63) is 54.1 Å². The summed E-state index contributed by atoms with van der Waals surface area (Å²) in [6, 6.07) is 11.8. The number of aryl methyl sites for hydroxylation is 1. The van der Waals surface area contributed by atoms with Crippen molar-refractivity contribution in [2.24, 2.45) is 5.92 Å². The molecule has 168 valence electrons. The summed E-state index contributed by atoms with van der Waals surface area (Å²) in [6.45, 7) is 2.16. The first kappa shape index (κ1) is 23.1. The highest BCUT2D eigenvalue weighted by atomic mass is 32.2. The number of anilines is 1. The van der Waals surface area contributed by atoms with E-state index in [2.05, 4.69) is 4.74 Å². The molecule has 1 aliphatic heterocycles. The molecular weight excluding hydrogens is 433 g/mol. The summed E-state index contributed by atoms with van der Waals surface area (Å²) in [5.74, 6) is -1.03. The zero-order valence-electron chi connectivity index (χ0n) is 17.1. The lowest BCUT2D eigenvalue weighted by Gasteiger charge is -2.32. The summed E-state index contributed by atoms with van der Waals surface area (Å²) < 4.78 is 68.0. The number of benzene rings is 2. The van der Waals surface area contributed by atoms with E-state index < -0.39 is 22.1 Å². The number of piperidine rings is 1. The van der Waals surface area contributed by atoms with Crippen molar-refractivity contribution in [1.82, 2.24) is 4.31 Å². The van der Waals surface area contributed by atoms with Gasteiger partial charge in [0, 0.05) is 37.8 Å². The quantitative estimate of drug-likeness (QED) is 0.683. The molecule has 0 atom stereocenters. The fourth-order valence-corrected chi connectivity index (χ4v) is 5.00. The summed E-state index contributed by atoms with van der Waals surface area (Å²) in [6.07, 6.45) is -4.26. The van der Waals surface area contributed by atoms with Crippen LogP contribution in [0.2, 0.25) is 0 Å². The van der Waals surface area contributed by atoms with Gasteiger partial charge < -0.3 is 9.64 Å². The summed E-state index contributed by atoms with van der Waals surface area (Å²) in [7, 11) is -2.32. The first-order chi connectivity index (χ1) is 14.5. The lowest BCUT2D eigenvalue weighted by atomic mass is 9.96. The van der Waals surface area contributed by atoms with E-state index >= 15 is 0 Å². The second-order valence-corrected chi connectivity index (χ2v) is 9.37. The van der Waals surface area contributed by atoms with Gasteiger partial charge in [0.25, 0.3) is 0 Å². The highest BCUT2D eigenvalue weighted by Crippen LogP contribution is 2.29. The highest BCUT2D eigenvalue weighted by Gasteiger charge is 2.35. The fraction of sp³-hybridized carbons (Fsp3) is 0.381. The van der Waals surface area contributed by atoms with Gasteiger partial charge in [0.2, 0.25) is 15.9 Å². The molecule has 1 heterocycles. The smallest absolute Gasteiger partial charge is 0.406 e. The third-order valence-corrected chi connectivity index (χ3v) is 7.13. The number of alkyl halides is 3. The number of rotatable bonds is 5. The molecule has 0 bridgehead atoms.